The summed E-state index contributed by atoms with van der Waals surface area (Å²) in [6.07, 6.45) is 4.82. The van der Waals surface area contributed by atoms with Crippen LogP contribution in [0.25, 0.3) is 0 Å². The van der Waals surface area contributed by atoms with Crippen molar-refractivity contribution in [1.29, 1.82) is 0 Å². The number of amides is 4. The van der Waals surface area contributed by atoms with Crippen molar-refractivity contribution < 1.29 is 19.2 Å². The van der Waals surface area contributed by atoms with Gasteiger partial charge in [-0.2, -0.15) is 0 Å². The Hall–Kier alpha value is -3.13. The first-order valence-electron chi connectivity index (χ1n) is 10.7. The minimum absolute atomic E-state index is 0.0634. The van der Waals surface area contributed by atoms with E-state index in [1.807, 2.05) is 0 Å². The zero-order valence-electron chi connectivity index (χ0n) is 18.1. The normalized spacial score (nSPS) is 16.1. The highest BCUT2D eigenvalue weighted by molar-refractivity contribution is 8.13. The van der Waals surface area contributed by atoms with Crippen LogP contribution in [0.5, 0.6) is 0 Å². The van der Waals surface area contributed by atoms with Crippen LogP contribution >= 0.6 is 11.8 Å². The molecular formula is C24H25N3O4S. The summed E-state index contributed by atoms with van der Waals surface area (Å²) in [4.78, 5) is 54.3. The van der Waals surface area contributed by atoms with Crippen molar-refractivity contribution in [3.63, 3.8) is 0 Å². The second kappa shape index (κ2) is 9.16. The molecule has 7 nitrogen and oxygen atoms in total. The van der Waals surface area contributed by atoms with Gasteiger partial charge in [-0.05, 0) is 54.9 Å². The molecule has 32 heavy (non-hydrogen) atoms. The molecule has 4 rings (SSSR count). The molecule has 4 amide bonds. The number of nitrogens with zero attached hydrogens (tertiary/aromatic N) is 2. The fourth-order valence-electron chi connectivity index (χ4n) is 4.11. The number of carbonyl (C=O) groups is 4. The lowest BCUT2D eigenvalue weighted by Gasteiger charge is -2.29. The first kappa shape index (κ1) is 22.1. The molecular weight excluding hydrogens is 426 g/mol. The molecule has 0 saturated heterocycles. The van der Waals surface area contributed by atoms with Crippen LogP contribution < -0.4 is 5.32 Å². The van der Waals surface area contributed by atoms with Gasteiger partial charge in [-0.15, -0.1) is 0 Å². The van der Waals surface area contributed by atoms with Crippen molar-refractivity contribution in [1.82, 2.24) is 9.80 Å². The van der Waals surface area contributed by atoms with Gasteiger partial charge in [0, 0.05) is 30.6 Å². The highest BCUT2D eigenvalue weighted by Gasteiger charge is 2.40. The predicted octanol–water partition coefficient (Wildman–Crippen LogP) is 4.64. The maximum absolute atomic E-state index is 13.0. The van der Waals surface area contributed by atoms with Crippen LogP contribution in [0.4, 0.5) is 10.5 Å². The molecule has 2 aromatic carbocycles. The minimum Gasteiger partial charge on any atom is -0.339 e. The lowest BCUT2D eigenvalue weighted by molar-refractivity contribution is 0.0548. The number of fused-ring (bicyclic) bond motifs is 1. The van der Waals surface area contributed by atoms with Crippen molar-refractivity contribution in [2.75, 3.05) is 19.4 Å². The van der Waals surface area contributed by atoms with Crippen molar-refractivity contribution in [2.24, 2.45) is 0 Å². The van der Waals surface area contributed by atoms with Gasteiger partial charge < -0.3 is 10.2 Å². The van der Waals surface area contributed by atoms with Gasteiger partial charge in [0.1, 0.15) is 0 Å². The van der Waals surface area contributed by atoms with E-state index < -0.39 is 5.91 Å². The molecule has 0 radical (unpaired) electrons. The molecule has 0 atom stereocenters. The maximum Gasteiger partial charge on any atom is 0.286 e. The molecule has 166 valence electrons. The van der Waals surface area contributed by atoms with Crippen molar-refractivity contribution in [2.45, 2.75) is 43.0 Å². The number of imide groups is 1. The number of thioether (sulfide) groups is 1. The van der Waals surface area contributed by atoms with E-state index in [2.05, 4.69) is 5.32 Å². The zero-order chi connectivity index (χ0) is 22.8. The number of carbonyl (C=O) groups excluding carboxylic acids is 4. The maximum atomic E-state index is 13.0. The van der Waals surface area contributed by atoms with E-state index in [0.717, 1.165) is 43.9 Å². The molecule has 1 aliphatic carbocycles. The van der Waals surface area contributed by atoms with Gasteiger partial charge in [0.25, 0.3) is 23.0 Å². The first-order valence-corrected chi connectivity index (χ1v) is 11.5. The highest BCUT2D eigenvalue weighted by atomic mass is 32.2. The SMILES string of the molecule is CN(C)C(=O)Sc1ccccc1NC(=O)c1ccc2c(c1)C(=O)N(C1CCCCC1)C2=O. The number of hydrogen-bond acceptors (Lipinski definition) is 5. The Morgan fingerprint density at radius 3 is 2.38 bits per heavy atom. The van der Waals surface area contributed by atoms with E-state index in [1.54, 1.807) is 50.5 Å². The van der Waals surface area contributed by atoms with Crippen LogP contribution in [0.15, 0.2) is 47.4 Å². The van der Waals surface area contributed by atoms with Gasteiger partial charge >= 0.3 is 0 Å². The Kier molecular flexibility index (Phi) is 6.32. The monoisotopic (exact) mass is 451 g/mol. The van der Waals surface area contributed by atoms with Crippen LogP contribution in [0.1, 0.15) is 63.2 Å². The van der Waals surface area contributed by atoms with Gasteiger partial charge in [0.15, 0.2) is 0 Å². The van der Waals surface area contributed by atoms with E-state index in [4.69, 9.17) is 0 Å². The van der Waals surface area contributed by atoms with Gasteiger partial charge in [-0.25, -0.2) is 0 Å². The van der Waals surface area contributed by atoms with Gasteiger partial charge in [0.05, 0.1) is 16.8 Å². The molecule has 0 aromatic heterocycles. The molecule has 1 aliphatic heterocycles. The lowest BCUT2D eigenvalue weighted by atomic mass is 9.94. The zero-order valence-corrected chi connectivity index (χ0v) is 18.9. The molecule has 0 spiro atoms. The summed E-state index contributed by atoms with van der Waals surface area (Å²) < 4.78 is 0. The quantitative estimate of drug-likeness (QED) is 0.541. The highest BCUT2D eigenvalue weighted by Crippen LogP contribution is 2.32. The molecule has 2 aliphatic rings. The Morgan fingerprint density at radius 2 is 1.66 bits per heavy atom. The standard InChI is InChI=1S/C24H25N3O4S/c1-26(2)24(31)32-20-11-7-6-10-19(20)25-21(28)15-12-13-17-18(14-15)23(30)27(22(17)29)16-8-4-3-5-9-16/h6-7,10-14,16H,3-5,8-9H2,1-2H3,(H,25,28). The molecule has 0 bridgehead atoms. The summed E-state index contributed by atoms with van der Waals surface area (Å²) >= 11 is 1.02. The van der Waals surface area contributed by atoms with Gasteiger partial charge in [0.2, 0.25) is 0 Å². The summed E-state index contributed by atoms with van der Waals surface area (Å²) in [5.41, 5.74) is 1.42. The number of benzene rings is 2. The van der Waals surface area contributed by atoms with Crippen molar-refractivity contribution >= 4 is 40.4 Å². The Morgan fingerprint density at radius 1 is 0.969 bits per heavy atom. The molecule has 1 N–H and O–H groups in total. The van der Waals surface area contributed by atoms with Crippen LogP contribution in [0.3, 0.4) is 0 Å². The predicted molar refractivity (Wildman–Crippen MR) is 123 cm³/mol. The topological polar surface area (TPSA) is 86.8 Å². The minimum atomic E-state index is -0.408. The largest absolute Gasteiger partial charge is 0.339 e. The lowest BCUT2D eigenvalue weighted by Crippen LogP contribution is -2.40. The third-order valence-corrected chi connectivity index (χ3v) is 6.93. The second-order valence-corrected chi connectivity index (χ2v) is 9.24. The van der Waals surface area contributed by atoms with Crippen LogP contribution in [0.2, 0.25) is 0 Å². The van der Waals surface area contributed by atoms with Crippen molar-refractivity contribution in [3.05, 3.63) is 59.2 Å². The number of hydrogen-bond donors (Lipinski definition) is 1. The second-order valence-electron chi connectivity index (χ2n) is 8.25. The summed E-state index contributed by atoms with van der Waals surface area (Å²) in [6, 6.07) is 11.6. The fraction of sp³-hybridized carbons (Fsp3) is 0.333. The smallest absolute Gasteiger partial charge is 0.286 e. The first-order chi connectivity index (χ1) is 15.4. The van der Waals surface area contributed by atoms with Gasteiger partial charge in [-0.3, -0.25) is 24.1 Å². The molecule has 8 heteroatoms. The molecule has 0 unspecified atom stereocenters. The molecule has 1 heterocycles. The average Bonchev–Trinajstić information content (AvgIpc) is 3.05. The average molecular weight is 452 g/mol. The van der Waals surface area contributed by atoms with Crippen LogP contribution in [-0.2, 0) is 0 Å². The Bertz CT molecular complexity index is 1090. The van der Waals surface area contributed by atoms with Crippen LogP contribution in [-0.4, -0.2) is 52.9 Å². The van der Waals surface area contributed by atoms with E-state index in [9.17, 15) is 19.2 Å². The summed E-state index contributed by atoms with van der Waals surface area (Å²) in [5, 5.41) is 2.67. The Labute approximate surface area is 191 Å². The molecule has 1 fully saturated rings. The molecule has 1 saturated carbocycles. The van der Waals surface area contributed by atoms with E-state index in [0.29, 0.717) is 16.1 Å². The number of anilines is 1. The van der Waals surface area contributed by atoms with Crippen molar-refractivity contribution in [3.8, 4) is 0 Å². The van der Waals surface area contributed by atoms with Gasteiger partial charge in [-0.1, -0.05) is 31.4 Å². The Balaban J connectivity index is 1.54. The van der Waals surface area contributed by atoms with E-state index in [-0.39, 0.29) is 34.2 Å². The number of para-hydroxylation sites is 1. The van der Waals surface area contributed by atoms with Crippen LogP contribution in [0, 0.1) is 0 Å². The van der Waals surface area contributed by atoms with E-state index >= 15 is 0 Å². The summed E-state index contributed by atoms with van der Waals surface area (Å²) in [7, 11) is 3.33. The molecule has 2 aromatic rings. The number of nitrogens with one attached hydrogen (secondary N) is 1. The van der Waals surface area contributed by atoms with E-state index in [1.165, 1.54) is 15.9 Å². The third-order valence-electron chi connectivity index (χ3n) is 5.82. The summed E-state index contributed by atoms with van der Waals surface area (Å²) in [5.74, 6) is -0.999. The number of rotatable bonds is 4. The third kappa shape index (κ3) is 4.27. The summed E-state index contributed by atoms with van der Waals surface area (Å²) in [6.45, 7) is 0. The fourth-order valence-corrected chi connectivity index (χ4v) is 4.86.